The molecular formula is C13H14Cl2N2S. The Morgan fingerprint density at radius 2 is 1.78 bits per heavy atom. The molecule has 0 bridgehead atoms. The molecule has 2 nitrogen and oxygen atoms in total. The number of amidine groups is 1. The Labute approximate surface area is 121 Å². The maximum absolute atomic E-state index is 5.99. The molecule has 18 heavy (non-hydrogen) atoms. The molecule has 3 rings (SSSR count). The smallest absolute Gasteiger partial charge is 0.161 e. The van der Waals surface area contributed by atoms with Gasteiger partial charge in [-0.1, -0.05) is 47.8 Å². The Hall–Kier alpha value is -0.380. The molecule has 1 aromatic carbocycles. The Morgan fingerprint density at radius 3 is 2.44 bits per heavy atom. The molecule has 0 saturated heterocycles. The van der Waals surface area contributed by atoms with Crippen LogP contribution in [0.2, 0.25) is 10.0 Å². The van der Waals surface area contributed by atoms with Gasteiger partial charge in [0, 0.05) is 21.5 Å². The Morgan fingerprint density at radius 1 is 1.11 bits per heavy atom. The van der Waals surface area contributed by atoms with Gasteiger partial charge in [-0.05, 0) is 31.0 Å². The first kappa shape index (κ1) is 12.6. The minimum Gasteiger partial charge on any atom is -0.335 e. The summed E-state index contributed by atoms with van der Waals surface area (Å²) in [6, 6.07) is 5.47. The quantitative estimate of drug-likeness (QED) is 0.804. The van der Waals surface area contributed by atoms with Crippen molar-refractivity contribution < 1.29 is 0 Å². The highest BCUT2D eigenvalue weighted by Crippen LogP contribution is 2.41. The number of aliphatic imine (C=N–C) groups is 1. The van der Waals surface area contributed by atoms with Gasteiger partial charge in [0.2, 0.25) is 0 Å². The average Bonchev–Trinajstić information content (AvgIpc) is 2.89. The molecule has 5 heteroatoms. The van der Waals surface area contributed by atoms with Crippen LogP contribution in [0.3, 0.4) is 0 Å². The van der Waals surface area contributed by atoms with Crippen LogP contribution in [-0.4, -0.2) is 16.5 Å². The van der Waals surface area contributed by atoms with Gasteiger partial charge in [-0.15, -0.1) is 0 Å². The summed E-state index contributed by atoms with van der Waals surface area (Å²) in [7, 11) is 0. The van der Waals surface area contributed by atoms with E-state index in [-0.39, 0.29) is 5.54 Å². The second-order valence-corrected chi connectivity index (χ2v) is 6.76. The average molecular weight is 301 g/mol. The molecular weight excluding hydrogens is 287 g/mol. The first-order valence-corrected chi connectivity index (χ1v) is 7.85. The summed E-state index contributed by atoms with van der Waals surface area (Å²) in [5.74, 6) is 1.10. The molecule has 1 aromatic rings. The van der Waals surface area contributed by atoms with E-state index in [1.165, 1.54) is 25.7 Å². The van der Waals surface area contributed by atoms with Crippen LogP contribution in [0.25, 0.3) is 0 Å². The number of hydrogen-bond donors (Lipinski definition) is 1. The second kappa shape index (κ2) is 4.95. The maximum atomic E-state index is 5.99. The molecule has 1 fully saturated rings. The molecule has 0 radical (unpaired) electrons. The Bertz CT molecular complexity index is 476. The third kappa shape index (κ3) is 2.63. The molecule has 2 aliphatic rings. The van der Waals surface area contributed by atoms with Gasteiger partial charge in [-0.2, -0.15) is 0 Å². The van der Waals surface area contributed by atoms with Gasteiger partial charge in [0.25, 0.3) is 0 Å². The third-order valence-electron chi connectivity index (χ3n) is 3.46. The van der Waals surface area contributed by atoms with Crippen molar-refractivity contribution >= 4 is 45.8 Å². The largest absolute Gasteiger partial charge is 0.335 e. The number of halogens is 2. The van der Waals surface area contributed by atoms with Gasteiger partial charge in [-0.25, -0.2) is 0 Å². The van der Waals surface area contributed by atoms with Crippen molar-refractivity contribution in [3.63, 3.8) is 0 Å². The lowest BCUT2D eigenvalue weighted by molar-refractivity contribution is 0.508. The molecule has 96 valence electrons. The molecule has 1 spiro atoms. The highest BCUT2D eigenvalue weighted by molar-refractivity contribution is 8.14. The van der Waals surface area contributed by atoms with Gasteiger partial charge in [0.05, 0.1) is 5.54 Å². The normalized spacial score (nSPS) is 21.3. The molecule has 1 aliphatic carbocycles. The summed E-state index contributed by atoms with van der Waals surface area (Å²) in [5.41, 5.74) is 1.11. The SMILES string of the molecule is Clc1cc(Cl)cc(NC2=NC3(CCCC3)CS2)c1. The van der Waals surface area contributed by atoms with Crippen molar-refractivity contribution in [2.45, 2.75) is 31.2 Å². The standard InChI is InChI=1S/C13H14Cl2N2S/c14-9-5-10(15)7-11(6-9)16-12-17-13(8-18-12)3-1-2-4-13/h5-7H,1-4,8H2,(H,16,17). The van der Waals surface area contributed by atoms with E-state index in [1.807, 2.05) is 12.1 Å². The van der Waals surface area contributed by atoms with Gasteiger partial charge < -0.3 is 5.32 Å². The lowest BCUT2D eigenvalue weighted by Crippen LogP contribution is -2.21. The Kier molecular flexibility index (Phi) is 3.48. The maximum Gasteiger partial charge on any atom is 0.161 e. The molecule has 1 aliphatic heterocycles. The van der Waals surface area contributed by atoms with Crippen LogP contribution in [0.1, 0.15) is 25.7 Å². The highest BCUT2D eigenvalue weighted by atomic mass is 35.5. The lowest BCUT2D eigenvalue weighted by atomic mass is 10.0. The highest BCUT2D eigenvalue weighted by Gasteiger charge is 2.38. The van der Waals surface area contributed by atoms with Crippen LogP contribution in [-0.2, 0) is 0 Å². The summed E-state index contributed by atoms with van der Waals surface area (Å²) < 4.78 is 0. The van der Waals surface area contributed by atoms with Crippen LogP contribution >= 0.6 is 35.0 Å². The monoisotopic (exact) mass is 300 g/mol. The number of rotatable bonds is 1. The van der Waals surface area contributed by atoms with E-state index in [0.29, 0.717) is 10.0 Å². The van der Waals surface area contributed by atoms with Gasteiger partial charge in [-0.3, -0.25) is 4.99 Å². The zero-order chi connectivity index (χ0) is 12.6. The van der Waals surface area contributed by atoms with Gasteiger partial charge >= 0.3 is 0 Å². The van der Waals surface area contributed by atoms with Crippen molar-refractivity contribution in [3.8, 4) is 0 Å². The van der Waals surface area contributed by atoms with Crippen molar-refractivity contribution in [1.29, 1.82) is 0 Å². The fourth-order valence-electron chi connectivity index (χ4n) is 2.59. The van der Waals surface area contributed by atoms with Crippen LogP contribution in [0.5, 0.6) is 0 Å². The zero-order valence-corrected chi connectivity index (χ0v) is 12.2. The molecule has 0 amide bonds. The van der Waals surface area contributed by atoms with E-state index in [4.69, 9.17) is 28.2 Å². The predicted molar refractivity (Wildman–Crippen MR) is 81.2 cm³/mol. The first-order chi connectivity index (χ1) is 8.65. The van der Waals surface area contributed by atoms with Crippen LogP contribution in [0, 0.1) is 0 Å². The van der Waals surface area contributed by atoms with Crippen molar-refractivity contribution in [1.82, 2.24) is 0 Å². The topological polar surface area (TPSA) is 24.4 Å². The first-order valence-electron chi connectivity index (χ1n) is 6.11. The Balaban J connectivity index is 1.77. The minimum atomic E-state index is 0.204. The van der Waals surface area contributed by atoms with Crippen molar-refractivity contribution in [2.75, 3.05) is 11.1 Å². The van der Waals surface area contributed by atoms with Crippen molar-refractivity contribution in [2.24, 2.45) is 4.99 Å². The van der Waals surface area contributed by atoms with Crippen LogP contribution in [0.4, 0.5) is 5.69 Å². The van der Waals surface area contributed by atoms with E-state index in [9.17, 15) is 0 Å². The molecule has 1 saturated carbocycles. The fourth-order valence-corrected chi connectivity index (χ4v) is 4.32. The fraction of sp³-hybridized carbons (Fsp3) is 0.462. The number of nitrogens with zero attached hydrogens (tertiary/aromatic N) is 1. The third-order valence-corrected chi connectivity index (χ3v) is 5.05. The number of anilines is 1. The molecule has 1 heterocycles. The minimum absolute atomic E-state index is 0.204. The molecule has 0 aromatic heterocycles. The van der Waals surface area contributed by atoms with Crippen LogP contribution < -0.4 is 5.32 Å². The van der Waals surface area contributed by atoms with E-state index < -0.39 is 0 Å². The van der Waals surface area contributed by atoms with Crippen LogP contribution in [0.15, 0.2) is 23.2 Å². The van der Waals surface area contributed by atoms with Gasteiger partial charge in [0.1, 0.15) is 0 Å². The van der Waals surface area contributed by atoms with E-state index in [0.717, 1.165) is 16.6 Å². The number of thioether (sulfide) groups is 1. The summed E-state index contributed by atoms with van der Waals surface area (Å²) in [6.07, 6.45) is 5.06. The summed E-state index contributed by atoms with van der Waals surface area (Å²) in [6.45, 7) is 0. The summed E-state index contributed by atoms with van der Waals surface area (Å²) in [5, 5.41) is 5.60. The zero-order valence-electron chi connectivity index (χ0n) is 9.88. The van der Waals surface area contributed by atoms with E-state index in [1.54, 1.807) is 17.8 Å². The number of nitrogens with one attached hydrogen (secondary N) is 1. The summed E-state index contributed by atoms with van der Waals surface area (Å²) >= 11 is 13.8. The molecule has 0 atom stereocenters. The lowest BCUT2D eigenvalue weighted by Gasteiger charge is -2.16. The number of hydrogen-bond acceptors (Lipinski definition) is 3. The van der Waals surface area contributed by atoms with Gasteiger partial charge in [0.15, 0.2) is 5.17 Å². The van der Waals surface area contributed by atoms with Crippen molar-refractivity contribution in [3.05, 3.63) is 28.2 Å². The molecule has 0 unspecified atom stereocenters. The number of benzene rings is 1. The predicted octanol–water partition coefficient (Wildman–Crippen LogP) is 4.82. The van der Waals surface area contributed by atoms with E-state index in [2.05, 4.69) is 5.32 Å². The second-order valence-electron chi connectivity index (χ2n) is 4.92. The molecule has 1 N–H and O–H groups in total. The summed E-state index contributed by atoms with van der Waals surface area (Å²) in [4.78, 5) is 4.86. The van der Waals surface area contributed by atoms with E-state index >= 15 is 0 Å².